The standard InChI is InChI=1S/C16H13BrClNS/c17-11-5-6-14(18)13(8-11)15(19)7-10-9-20-16-4-2-1-3-12(10)16/h1-6,8-9,15H,7,19H2. The number of fused-ring (bicyclic) bond motifs is 1. The number of halogens is 2. The van der Waals surface area contributed by atoms with E-state index < -0.39 is 0 Å². The van der Waals surface area contributed by atoms with Crippen molar-refractivity contribution in [1.29, 1.82) is 0 Å². The van der Waals surface area contributed by atoms with Crippen LogP contribution in [-0.2, 0) is 6.42 Å². The summed E-state index contributed by atoms with van der Waals surface area (Å²) in [6.45, 7) is 0. The predicted octanol–water partition coefficient (Wildman–Crippen LogP) is 5.56. The second-order valence-corrected chi connectivity index (χ2v) is 6.97. The molecule has 2 aromatic carbocycles. The molecule has 102 valence electrons. The molecule has 0 bridgehead atoms. The van der Waals surface area contributed by atoms with Crippen molar-refractivity contribution in [3.05, 3.63) is 68.5 Å². The Morgan fingerprint density at radius 2 is 2.00 bits per heavy atom. The average molecular weight is 367 g/mol. The Kier molecular flexibility index (Phi) is 4.13. The van der Waals surface area contributed by atoms with E-state index in [-0.39, 0.29) is 6.04 Å². The zero-order valence-electron chi connectivity index (χ0n) is 10.6. The van der Waals surface area contributed by atoms with Gasteiger partial charge >= 0.3 is 0 Å². The molecule has 1 heterocycles. The van der Waals surface area contributed by atoms with E-state index in [4.69, 9.17) is 17.3 Å². The first-order chi connectivity index (χ1) is 9.65. The fourth-order valence-corrected chi connectivity index (χ4v) is 3.95. The van der Waals surface area contributed by atoms with E-state index in [1.807, 2.05) is 18.2 Å². The smallest absolute Gasteiger partial charge is 0.0454 e. The van der Waals surface area contributed by atoms with Gasteiger partial charge in [0.2, 0.25) is 0 Å². The van der Waals surface area contributed by atoms with Gasteiger partial charge in [-0.15, -0.1) is 11.3 Å². The zero-order chi connectivity index (χ0) is 14.1. The minimum atomic E-state index is -0.0991. The van der Waals surface area contributed by atoms with Crippen LogP contribution in [0.15, 0.2) is 52.3 Å². The first kappa shape index (κ1) is 14.1. The summed E-state index contributed by atoms with van der Waals surface area (Å²) >= 11 is 11.5. The second-order valence-electron chi connectivity index (χ2n) is 4.73. The SMILES string of the molecule is NC(Cc1csc2ccccc12)c1cc(Br)ccc1Cl. The van der Waals surface area contributed by atoms with E-state index in [0.717, 1.165) is 21.5 Å². The Bertz CT molecular complexity index is 753. The van der Waals surface area contributed by atoms with Crippen LogP contribution in [0.1, 0.15) is 17.2 Å². The normalized spacial score (nSPS) is 12.8. The lowest BCUT2D eigenvalue weighted by Gasteiger charge is -2.14. The third-order valence-corrected chi connectivity index (χ3v) is 5.21. The van der Waals surface area contributed by atoms with E-state index in [1.165, 1.54) is 15.6 Å². The number of hydrogen-bond donors (Lipinski definition) is 1. The Hall–Kier alpha value is -0.870. The summed E-state index contributed by atoms with van der Waals surface area (Å²) in [5.41, 5.74) is 8.62. The summed E-state index contributed by atoms with van der Waals surface area (Å²) in [6.07, 6.45) is 0.792. The molecule has 0 fully saturated rings. The van der Waals surface area contributed by atoms with E-state index in [9.17, 15) is 0 Å². The molecule has 0 aliphatic heterocycles. The maximum atomic E-state index is 6.35. The van der Waals surface area contributed by atoms with Crippen LogP contribution in [0.2, 0.25) is 5.02 Å². The topological polar surface area (TPSA) is 26.0 Å². The molecule has 0 radical (unpaired) electrons. The van der Waals surface area contributed by atoms with Crippen molar-refractivity contribution in [3.63, 3.8) is 0 Å². The average Bonchev–Trinajstić information content (AvgIpc) is 2.85. The van der Waals surface area contributed by atoms with Crippen molar-refractivity contribution in [2.75, 3.05) is 0 Å². The van der Waals surface area contributed by atoms with Crippen molar-refractivity contribution in [2.45, 2.75) is 12.5 Å². The van der Waals surface area contributed by atoms with Gasteiger partial charge in [-0.05, 0) is 52.6 Å². The van der Waals surface area contributed by atoms with Crippen molar-refractivity contribution < 1.29 is 0 Å². The summed E-state index contributed by atoms with van der Waals surface area (Å²) in [5.74, 6) is 0. The molecule has 0 amide bonds. The monoisotopic (exact) mass is 365 g/mol. The van der Waals surface area contributed by atoms with Gasteiger partial charge in [0, 0.05) is 20.2 Å². The van der Waals surface area contributed by atoms with Crippen LogP contribution in [0, 0.1) is 0 Å². The van der Waals surface area contributed by atoms with Gasteiger partial charge in [-0.25, -0.2) is 0 Å². The summed E-state index contributed by atoms with van der Waals surface area (Å²) in [4.78, 5) is 0. The van der Waals surface area contributed by atoms with Crippen LogP contribution in [0.25, 0.3) is 10.1 Å². The van der Waals surface area contributed by atoms with Gasteiger partial charge in [-0.3, -0.25) is 0 Å². The molecular formula is C16H13BrClNS. The van der Waals surface area contributed by atoms with E-state index in [1.54, 1.807) is 11.3 Å². The minimum absolute atomic E-state index is 0.0991. The molecule has 1 unspecified atom stereocenters. The van der Waals surface area contributed by atoms with Gasteiger partial charge in [0.1, 0.15) is 0 Å². The van der Waals surface area contributed by atoms with Crippen molar-refractivity contribution in [2.24, 2.45) is 5.73 Å². The molecule has 20 heavy (non-hydrogen) atoms. The number of rotatable bonds is 3. The zero-order valence-corrected chi connectivity index (χ0v) is 13.8. The number of benzene rings is 2. The first-order valence-electron chi connectivity index (χ1n) is 6.31. The van der Waals surface area contributed by atoms with E-state index >= 15 is 0 Å². The Balaban J connectivity index is 1.92. The lowest BCUT2D eigenvalue weighted by atomic mass is 9.99. The van der Waals surface area contributed by atoms with Gasteiger partial charge in [0.05, 0.1) is 0 Å². The molecule has 0 saturated heterocycles. The van der Waals surface area contributed by atoms with Crippen molar-refractivity contribution in [1.82, 2.24) is 0 Å². The fourth-order valence-electron chi connectivity index (χ4n) is 2.34. The van der Waals surface area contributed by atoms with Gasteiger partial charge in [0.25, 0.3) is 0 Å². The third kappa shape index (κ3) is 2.77. The molecule has 1 aromatic heterocycles. The lowest BCUT2D eigenvalue weighted by molar-refractivity contribution is 0.726. The molecule has 0 spiro atoms. The summed E-state index contributed by atoms with van der Waals surface area (Å²) < 4.78 is 2.30. The fraction of sp³-hybridized carbons (Fsp3) is 0.125. The molecule has 2 N–H and O–H groups in total. The largest absolute Gasteiger partial charge is 0.324 e. The van der Waals surface area contributed by atoms with Crippen LogP contribution in [0.3, 0.4) is 0 Å². The molecule has 0 aliphatic carbocycles. The molecule has 3 rings (SSSR count). The predicted molar refractivity (Wildman–Crippen MR) is 91.6 cm³/mol. The molecule has 0 saturated carbocycles. The molecule has 4 heteroatoms. The maximum absolute atomic E-state index is 6.35. The molecule has 3 aromatic rings. The maximum Gasteiger partial charge on any atom is 0.0454 e. The van der Waals surface area contributed by atoms with Crippen LogP contribution in [0.5, 0.6) is 0 Å². The molecule has 0 aliphatic rings. The third-order valence-electron chi connectivity index (χ3n) is 3.36. The lowest BCUT2D eigenvalue weighted by Crippen LogP contribution is -2.13. The number of hydrogen-bond acceptors (Lipinski definition) is 2. The summed E-state index contributed by atoms with van der Waals surface area (Å²) in [7, 11) is 0. The summed E-state index contributed by atoms with van der Waals surface area (Å²) in [5, 5.41) is 4.20. The Morgan fingerprint density at radius 3 is 2.85 bits per heavy atom. The van der Waals surface area contributed by atoms with Gasteiger partial charge in [0.15, 0.2) is 0 Å². The molecule has 1 nitrogen and oxygen atoms in total. The Labute approximate surface area is 135 Å². The van der Waals surface area contributed by atoms with Crippen molar-refractivity contribution >= 4 is 49.0 Å². The number of thiophene rings is 1. The second kappa shape index (κ2) is 5.86. The molecule has 1 atom stereocenters. The highest BCUT2D eigenvalue weighted by Crippen LogP contribution is 2.31. The van der Waals surface area contributed by atoms with Crippen LogP contribution in [0.4, 0.5) is 0 Å². The van der Waals surface area contributed by atoms with Gasteiger partial charge in [-0.1, -0.05) is 45.7 Å². The number of nitrogens with two attached hydrogens (primary N) is 1. The summed E-state index contributed by atoms with van der Waals surface area (Å²) in [6, 6.07) is 14.1. The van der Waals surface area contributed by atoms with Crippen LogP contribution >= 0.6 is 38.9 Å². The van der Waals surface area contributed by atoms with Gasteiger partial charge < -0.3 is 5.73 Å². The quantitative estimate of drug-likeness (QED) is 0.645. The first-order valence-corrected chi connectivity index (χ1v) is 8.36. The Morgan fingerprint density at radius 1 is 1.20 bits per heavy atom. The minimum Gasteiger partial charge on any atom is -0.324 e. The highest BCUT2D eigenvalue weighted by atomic mass is 79.9. The molecular weight excluding hydrogens is 354 g/mol. The van der Waals surface area contributed by atoms with Gasteiger partial charge in [-0.2, -0.15) is 0 Å². The highest BCUT2D eigenvalue weighted by molar-refractivity contribution is 9.10. The van der Waals surface area contributed by atoms with Crippen LogP contribution < -0.4 is 5.73 Å². The highest BCUT2D eigenvalue weighted by Gasteiger charge is 2.14. The van der Waals surface area contributed by atoms with Crippen molar-refractivity contribution in [3.8, 4) is 0 Å². The van der Waals surface area contributed by atoms with E-state index in [2.05, 4.69) is 45.6 Å². The van der Waals surface area contributed by atoms with Crippen LogP contribution in [-0.4, -0.2) is 0 Å². The van der Waals surface area contributed by atoms with E-state index in [0.29, 0.717) is 0 Å².